The lowest BCUT2D eigenvalue weighted by atomic mass is 9.65. The smallest absolute Gasteiger partial charge is 0.329 e. The number of esters is 3. The number of hydrogen-bond donors (Lipinski definition) is 4. The fourth-order valence-corrected chi connectivity index (χ4v) is 10.9. The molecule has 3 aliphatic rings. The third-order valence-electron chi connectivity index (χ3n) is 14.3. The normalized spacial score (nSPS) is 21.3. The summed E-state index contributed by atoms with van der Waals surface area (Å²) in [5.41, 5.74) is 1.32. The molecular weight excluding hydrogens is 969 g/mol. The van der Waals surface area contributed by atoms with Gasteiger partial charge in [-0.1, -0.05) is 145 Å². The largest absolute Gasteiger partial charge is 0.491 e. The number of nitrogens with zero attached hydrogens (tertiary/aromatic N) is 2. The van der Waals surface area contributed by atoms with E-state index < -0.39 is 89.4 Å². The van der Waals surface area contributed by atoms with Crippen LogP contribution in [0.1, 0.15) is 82.6 Å². The van der Waals surface area contributed by atoms with Gasteiger partial charge in [0.1, 0.15) is 29.9 Å². The van der Waals surface area contributed by atoms with Gasteiger partial charge in [-0.3, -0.25) is 28.9 Å². The SMILES string of the molecule is COC(=O)C(CC#Cc1ccc2c(c1)[C@]1(C(=O)N2C(=O)N[C@H](C)c2ccccc2)[C@H](c2ccc(OCCO)cc2)N2[C@H](c3ccccc3)[C@H](c3ccccc3)OC(=O)[C@H]2[C@@H]1C(=O)NC[C@H](O)c1ccccc1)C(=O)OC. The van der Waals surface area contributed by atoms with E-state index in [0.29, 0.717) is 28.0 Å². The molecule has 2 fully saturated rings. The highest BCUT2D eigenvalue weighted by Crippen LogP contribution is 2.66. The predicted molar refractivity (Wildman–Crippen MR) is 278 cm³/mol. The number of morpholine rings is 1. The summed E-state index contributed by atoms with van der Waals surface area (Å²) < 4.78 is 22.1. The second kappa shape index (κ2) is 22.9. The number of ether oxygens (including phenoxy) is 4. The maximum atomic E-state index is 16.8. The third-order valence-corrected chi connectivity index (χ3v) is 14.3. The predicted octanol–water partition coefficient (Wildman–Crippen LogP) is 6.75. The Hall–Kier alpha value is -8.62. The molecule has 0 unspecified atom stereocenters. The van der Waals surface area contributed by atoms with Crippen molar-refractivity contribution >= 4 is 41.4 Å². The first kappa shape index (κ1) is 52.3. The van der Waals surface area contributed by atoms with Gasteiger partial charge in [-0.2, -0.15) is 0 Å². The molecular formula is C60H56N4O12. The lowest BCUT2D eigenvalue weighted by Gasteiger charge is -2.46. The van der Waals surface area contributed by atoms with Crippen LogP contribution in [0, 0.1) is 23.7 Å². The molecule has 16 nitrogen and oxygen atoms in total. The first-order valence-corrected chi connectivity index (χ1v) is 24.8. The van der Waals surface area contributed by atoms with Crippen LogP contribution in [0.5, 0.6) is 5.75 Å². The molecule has 388 valence electrons. The Morgan fingerprint density at radius 2 is 1.33 bits per heavy atom. The van der Waals surface area contributed by atoms with Gasteiger partial charge >= 0.3 is 23.9 Å². The van der Waals surface area contributed by atoms with Crippen LogP contribution in [0.4, 0.5) is 10.5 Å². The van der Waals surface area contributed by atoms with E-state index in [1.165, 1.54) is 0 Å². The first-order chi connectivity index (χ1) is 36.9. The lowest BCUT2D eigenvalue weighted by Crippen LogP contribution is -2.56. The molecule has 3 aliphatic heterocycles. The van der Waals surface area contributed by atoms with Crippen LogP contribution in [0.3, 0.4) is 0 Å². The highest BCUT2D eigenvalue weighted by Gasteiger charge is 2.75. The van der Waals surface area contributed by atoms with Crippen molar-refractivity contribution in [3.63, 3.8) is 0 Å². The average molecular weight is 1030 g/mol. The van der Waals surface area contributed by atoms with E-state index in [1.807, 2.05) is 95.9 Å². The van der Waals surface area contributed by atoms with Crippen molar-refractivity contribution in [2.24, 2.45) is 11.8 Å². The molecule has 0 saturated carbocycles. The maximum absolute atomic E-state index is 16.8. The van der Waals surface area contributed by atoms with Gasteiger partial charge in [0.05, 0.1) is 56.7 Å². The molecule has 9 rings (SSSR count). The van der Waals surface area contributed by atoms with Crippen molar-refractivity contribution in [3.05, 3.63) is 203 Å². The van der Waals surface area contributed by atoms with Crippen molar-refractivity contribution in [2.75, 3.05) is 38.9 Å². The Labute approximate surface area is 439 Å². The molecule has 1 spiro atoms. The minimum Gasteiger partial charge on any atom is -0.491 e. The molecule has 3 heterocycles. The number of imide groups is 1. The molecule has 0 bridgehead atoms. The molecule has 0 radical (unpaired) electrons. The summed E-state index contributed by atoms with van der Waals surface area (Å²) in [5.74, 6) is -0.946. The Kier molecular flexibility index (Phi) is 15.7. The highest BCUT2D eigenvalue weighted by molar-refractivity contribution is 6.24. The number of fused-ring (bicyclic) bond motifs is 3. The second-order valence-corrected chi connectivity index (χ2v) is 18.6. The molecule has 6 aromatic rings. The highest BCUT2D eigenvalue weighted by atomic mass is 16.6. The number of anilines is 1. The zero-order valence-electron chi connectivity index (χ0n) is 41.9. The number of aliphatic hydroxyl groups is 2. The number of cyclic esters (lactones) is 1. The van der Waals surface area contributed by atoms with Crippen LogP contribution in [0.25, 0.3) is 0 Å². The molecule has 8 atom stereocenters. The number of nitrogens with one attached hydrogen (secondary N) is 2. The summed E-state index contributed by atoms with van der Waals surface area (Å²) in [6.07, 6.45) is -2.53. The van der Waals surface area contributed by atoms with Gasteiger partial charge in [0.15, 0.2) is 5.92 Å². The number of rotatable bonds is 15. The summed E-state index contributed by atoms with van der Waals surface area (Å²) >= 11 is 0. The molecule has 0 aromatic heterocycles. The Morgan fingerprint density at radius 1 is 0.737 bits per heavy atom. The van der Waals surface area contributed by atoms with Crippen LogP contribution in [-0.2, 0) is 43.6 Å². The lowest BCUT2D eigenvalue weighted by molar-refractivity contribution is -0.178. The summed E-state index contributed by atoms with van der Waals surface area (Å²) in [6.45, 7) is 1.17. The minimum atomic E-state index is -2.20. The zero-order chi connectivity index (χ0) is 53.5. The van der Waals surface area contributed by atoms with Crippen LogP contribution >= 0.6 is 0 Å². The van der Waals surface area contributed by atoms with Crippen molar-refractivity contribution in [3.8, 4) is 17.6 Å². The van der Waals surface area contributed by atoms with Crippen LogP contribution < -0.4 is 20.3 Å². The number of benzene rings is 6. The summed E-state index contributed by atoms with van der Waals surface area (Å²) in [5, 5.41) is 27.1. The second-order valence-electron chi connectivity index (χ2n) is 18.6. The third kappa shape index (κ3) is 9.91. The van der Waals surface area contributed by atoms with E-state index >= 15 is 19.2 Å². The number of aliphatic hydroxyl groups excluding tert-OH is 2. The quantitative estimate of drug-likeness (QED) is 0.0364. The standard InChI is InChI=1S/C60H56N4O12/c1-37(39-18-8-4-9-19-39)62-59(72)63-47-32-27-38(17-16-26-45(55(68)73-2)56(69)74-3)35-46(47)60(58(63)71)49(54(67)61-36-48(66)40-20-10-5-11-21-40)51-57(70)76-52(42-24-14-7-15-25-42)50(41-22-12-6-13-23-41)64(51)53(60)43-28-30-44(31-29-43)75-34-33-65/h4-15,18-25,27-32,35,37,45,48-53,65-66H,26,33-34,36H2,1-3H3,(H,61,67)(H,62,72)/t37-,48+,49-,50-,51-,52+,53+,60-/m1/s1. The number of hydrogen-bond acceptors (Lipinski definition) is 13. The van der Waals surface area contributed by atoms with Gasteiger partial charge in [0, 0.05) is 18.5 Å². The molecule has 76 heavy (non-hydrogen) atoms. The van der Waals surface area contributed by atoms with Crippen LogP contribution in [0.15, 0.2) is 164 Å². The Balaban J connectivity index is 1.32. The minimum absolute atomic E-state index is 0.0141. The van der Waals surface area contributed by atoms with Crippen molar-refractivity contribution < 1.29 is 57.9 Å². The fourth-order valence-electron chi connectivity index (χ4n) is 10.9. The van der Waals surface area contributed by atoms with E-state index in [0.717, 1.165) is 24.7 Å². The number of amides is 4. The topological polar surface area (TPSA) is 210 Å². The Bertz CT molecular complexity index is 3140. The molecule has 0 aliphatic carbocycles. The summed E-state index contributed by atoms with van der Waals surface area (Å²) in [4.78, 5) is 91.7. The summed E-state index contributed by atoms with van der Waals surface area (Å²) in [7, 11) is 2.28. The fraction of sp³-hybridized carbons (Fsp3) is 0.267. The van der Waals surface area contributed by atoms with Gasteiger partial charge in [0.25, 0.3) is 0 Å². The zero-order valence-corrected chi connectivity index (χ0v) is 41.9. The van der Waals surface area contributed by atoms with Crippen molar-refractivity contribution in [2.45, 2.75) is 55.1 Å². The number of carbonyl (C=O) groups is 6. The first-order valence-electron chi connectivity index (χ1n) is 24.8. The molecule has 2 saturated heterocycles. The van der Waals surface area contributed by atoms with Gasteiger partial charge in [-0.15, -0.1) is 0 Å². The van der Waals surface area contributed by atoms with E-state index in [-0.39, 0.29) is 43.0 Å². The van der Waals surface area contributed by atoms with Crippen LogP contribution in [-0.4, -0.2) is 90.9 Å². The van der Waals surface area contributed by atoms with E-state index in [9.17, 15) is 19.8 Å². The van der Waals surface area contributed by atoms with Gasteiger partial charge < -0.3 is 39.8 Å². The van der Waals surface area contributed by atoms with E-state index in [4.69, 9.17) is 18.9 Å². The van der Waals surface area contributed by atoms with Crippen molar-refractivity contribution in [1.29, 1.82) is 0 Å². The number of urea groups is 1. The maximum Gasteiger partial charge on any atom is 0.329 e. The molecule has 4 N–H and O–H groups in total. The van der Waals surface area contributed by atoms with Crippen molar-refractivity contribution in [1.82, 2.24) is 15.5 Å². The van der Waals surface area contributed by atoms with Gasteiger partial charge in [0.2, 0.25) is 11.8 Å². The van der Waals surface area contributed by atoms with Gasteiger partial charge in [-0.25, -0.2) is 9.69 Å². The van der Waals surface area contributed by atoms with Crippen LogP contribution in [0.2, 0.25) is 0 Å². The molecule has 4 amide bonds. The van der Waals surface area contributed by atoms with Gasteiger partial charge in [-0.05, 0) is 70.6 Å². The molecule has 6 aromatic carbocycles. The number of methoxy groups -OCH3 is 2. The van der Waals surface area contributed by atoms with E-state index in [1.54, 1.807) is 79.7 Å². The van der Waals surface area contributed by atoms with E-state index in [2.05, 4.69) is 22.5 Å². The summed E-state index contributed by atoms with van der Waals surface area (Å²) in [6, 6.07) is 42.7. The monoisotopic (exact) mass is 1020 g/mol. The number of carbonyl (C=O) groups excluding carboxylic acids is 6. The molecule has 16 heteroatoms. The Morgan fingerprint density at radius 3 is 1.93 bits per heavy atom. The average Bonchev–Trinajstić information content (AvgIpc) is 4.13.